The highest BCUT2D eigenvalue weighted by Crippen LogP contribution is 2.24. The molecule has 0 saturated heterocycles. The summed E-state index contributed by atoms with van der Waals surface area (Å²) in [6.07, 6.45) is 3.78. The minimum absolute atomic E-state index is 0.0208. The third kappa shape index (κ3) is 4.56. The zero-order chi connectivity index (χ0) is 20.3. The van der Waals surface area contributed by atoms with Crippen molar-refractivity contribution in [2.75, 3.05) is 5.32 Å². The Labute approximate surface area is 167 Å². The Morgan fingerprint density at radius 1 is 1.32 bits per heavy atom. The van der Waals surface area contributed by atoms with Gasteiger partial charge in [-0.15, -0.1) is 0 Å². The van der Waals surface area contributed by atoms with Gasteiger partial charge in [-0.3, -0.25) is 19.6 Å². The summed E-state index contributed by atoms with van der Waals surface area (Å²) >= 11 is 12.0. The topological polar surface area (TPSA) is 103 Å². The highest BCUT2D eigenvalue weighted by atomic mass is 35.5. The van der Waals surface area contributed by atoms with E-state index in [-0.39, 0.29) is 33.7 Å². The molecule has 1 aromatic carbocycles. The summed E-state index contributed by atoms with van der Waals surface area (Å²) in [7, 11) is 0. The van der Waals surface area contributed by atoms with Crippen molar-refractivity contribution in [2.45, 2.75) is 6.54 Å². The number of carbonyl (C=O) groups excluding carboxylic acids is 1. The van der Waals surface area contributed by atoms with E-state index in [1.54, 1.807) is 6.07 Å². The number of nitrogens with one attached hydrogen (secondary N) is 1. The molecule has 0 atom stereocenters. The van der Waals surface area contributed by atoms with Crippen molar-refractivity contribution in [2.24, 2.45) is 0 Å². The van der Waals surface area contributed by atoms with Crippen LogP contribution in [-0.4, -0.2) is 20.6 Å². The van der Waals surface area contributed by atoms with Crippen molar-refractivity contribution in [3.63, 3.8) is 0 Å². The Morgan fingerprint density at radius 3 is 2.79 bits per heavy atom. The van der Waals surface area contributed by atoms with Gasteiger partial charge in [-0.2, -0.15) is 5.10 Å². The third-order valence-corrected chi connectivity index (χ3v) is 4.16. The lowest BCUT2D eigenvalue weighted by molar-refractivity contribution is -0.402. The molecule has 0 aliphatic rings. The maximum Gasteiger partial charge on any atom is 0.433 e. The number of rotatable bonds is 6. The van der Waals surface area contributed by atoms with Crippen LogP contribution in [0.25, 0.3) is 6.08 Å². The van der Waals surface area contributed by atoms with E-state index in [9.17, 15) is 19.3 Å². The summed E-state index contributed by atoms with van der Waals surface area (Å²) in [5.74, 6) is -1.31. The highest BCUT2D eigenvalue weighted by molar-refractivity contribution is 6.33. The first-order valence-electron chi connectivity index (χ1n) is 7.72. The standard InChI is InChI=1S/C17H11Cl2FN4O4/c18-12-2-1-3-14(20)11(12)8-23-9-13(19)17(22-23)21-15(25)6-4-10-5-7-16(28-10)24(26)27/h1-7,9H,8H2,(H,21,22,25)/b6-4+. The lowest BCUT2D eigenvalue weighted by Gasteiger charge is -2.05. The smallest absolute Gasteiger partial charge is 0.401 e. The molecule has 3 aromatic rings. The van der Waals surface area contributed by atoms with Gasteiger partial charge in [-0.1, -0.05) is 29.3 Å². The quantitative estimate of drug-likeness (QED) is 0.355. The average molecular weight is 425 g/mol. The second-order valence-corrected chi connectivity index (χ2v) is 6.29. The Hall–Kier alpha value is -3.17. The van der Waals surface area contributed by atoms with Gasteiger partial charge in [0, 0.05) is 22.9 Å². The van der Waals surface area contributed by atoms with Crippen LogP contribution in [0.15, 0.2) is 47.0 Å². The van der Waals surface area contributed by atoms with Crippen LogP contribution in [0.2, 0.25) is 10.0 Å². The molecule has 0 radical (unpaired) electrons. The predicted octanol–water partition coefficient (Wildman–Crippen LogP) is 4.53. The summed E-state index contributed by atoms with van der Waals surface area (Å²) in [5, 5.41) is 17.5. The first-order chi connectivity index (χ1) is 13.3. The number of carbonyl (C=O) groups is 1. The zero-order valence-corrected chi connectivity index (χ0v) is 15.4. The van der Waals surface area contributed by atoms with Gasteiger partial charge < -0.3 is 9.73 Å². The van der Waals surface area contributed by atoms with Crippen molar-refractivity contribution >= 4 is 46.9 Å². The fraction of sp³-hybridized carbons (Fsp3) is 0.0588. The largest absolute Gasteiger partial charge is 0.433 e. The van der Waals surface area contributed by atoms with Gasteiger partial charge in [0.25, 0.3) is 0 Å². The molecule has 1 amide bonds. The molecular formula is C17H11Cl2FN4O4. The molecule has 144 valence electrons. The molecular weight excluding hydrogens is 414 g/mol. The lowest BCUT2D eigenvalue weighted by atomic mass is 10.2. The summed E-state index contributed by atoms with van der Waals surface area (Å²) in [6, 6.07) is 6.84. The molecule has 2 aromatic heterocycles. The maximum absolute atomic E-state index is 13.9. The number of nitro groups is 1. The molecule has 0 fully saturated rings. The van der Waals surface area contributed by atoms with Crippen molar-refractivity contribution < 1.29 is 18.5 Å². The van der Waals surface area contributed by atoms with Gasteiger partial charge >= 0.3 is 5.88 Å². The van der Waals surface area contributed by atoms with E-state index in [0.717, 1.165) is 6.08 Å². The van der Waals surface area contributed by atoms with Crippen molar-refractivity contribution in [3.8, 4) is 0 Å². The number of hydrogen-bond donors (Lipinski definition) is 1. The minimum atomic E-state index is -0.689. The normalized spacial score (nSPS) is 11.1. The number of hydrogen-bond acceptors (Lipinski definition) is 5. The van der Waals surface area contributed by atoms with Gasteiger partial charge in [0.2, 0.25) is 5.91 Å². The van der Waals surface area contributed by atoms with E-state index in [1.165, 1.54) is 41.2 Å². The number of nitrogens with zero attached hydrogens (tertiary/aromatic N) is 3. The van der Waals surface area contributed by atoms with Crippen molar-refractivity contribution in [1.82, 2.24) is 9.78 Å². The lowest BCUT2D eigenvalue weighted by Crippen LogP contribution is -2.10. The molecule has 1 N–H and O–H groups in total. The molecule has 0 spiro atoms. The molecule has 8 nitrogen and oxygen atoms in total. The van der Waals surface area contributed by atoms with E-state index in [4.69, 9.17) is 27.6 Å². The van der Waals surface area contributed by atoms with Crippen LogP contribution in [0.5, 0.6) is 0 Å². The van der Waals surface area contributed by atoms with Crippen LogP contribution in [-0.2, 0) is 11.3 Å². The van der Waals surface area contributed by atoms with Crippen molar-refractivity contribution in [1.29, 1.82) is 0 Å². The molecule has 0 unspecified atom stereocenters. The van der Waals surface area contributed by atoms with Crippen LogP contribution in [0, 0.1) is 15.9 Å². The highest BCUT2D eigenvalue weighted by Gasteiger charge is 2.13. The molecule has 0 aliphatic carbocycles. The Morgan fingerprint density at radius 2 is 2.11 bits per heavy atom. The molecule has 28 heavy (non-hydrogen) atoms. The van der Waals surface area contributed by atoms with Crippen LogP contribution >= 0.6 is 23.2 Å². The van der Waals surface area contributed by atoms with Gasteiger partial charge in [0.1, 0.15) is 21.5 Å². The Kier molecular flexibility index (Phi) is 5.76. The summed E-state index contributed by atoms with van der Waals surface area (Å²) in [6.45, 7) is 0.0208. The first-order valence-corrected chi connectivity index (χ1v) is 8.48. The number of aromatic nitrogens is 2. The third-order valence-electron chi connectivity index (χ3n) is 3.53. The van der Waals surface area contributed by atoms with E-state index in [0.29, 0.717) is 0 Å². The first kappa shape index (κ1) is 19.6. The fourth-order valence-corrected chi connectivity index (χ4v) is 2.67. The molecule has 0 saturated carbocycles. The Balaban J connectivity index is 1.68. The average Bonchev–Trinajstić information content (AvgIpc) is 3.24. The van der Waals surface area contributed by atoms with Gasteiger partial charge in [0.05, 0.1) is 12.6 Å². The van der Waals surface area contributed by atoms with Gasteiger partial charge in [0.15, 0.2) is 5.82 Å². The van der Waals surface area contributed by atoms with Crippen LogP contribution in [0.4, 0.5) is 16.1 Å². The van der Waals surface area contributed by atoms with E-state index < -0.39 is 22.5 Å². The molecule has 0 bridgehead atoms. The number of amides is 1. The predicted molar refractivity (Wildman–Crippen MR) is 101 cm³/mol. The number of halogens is 3. The fourth-order valence-electron chi connectivity index (χ4n) is 2.25. The van der Waals surface area contributed by atoms with Crippen LogP contribution in [0.1, 0.15) is 11.3 Å². The number of furan rings is 1. The second kappa shape index (κ2) is 8.24. The number of benzene rings is 1. The second-order valence-electron chi connectivity index (χ2n) is 5.48. The molecule has 0 aliphatic heterocycles. The minimum Gasteiger partial charge on any atom is -0.401 e. The van der Waals surface area contributed by atoms with Crippen molar-refractivity contribution in [3.05, 3.63) is 79.9 Å². The summed E-state index contributed by atoms with van der Waals surface area (Å²) in [4.78, 5) is 21.9. The molecule has 3 rings (SSSR count). The monoisotopic (exact) mass is 424 g/mol. The maximum atomic E-state index is 13.9. The van der Waals surface area contributed by atoms with E-state index >= 15 is 0 Å². The van der Waals surface area contributed by atoms with Crippen LogP contribution < -0.4 is 5.32 Å². The summed E-state index contributed by atoms with van der Waals surface area (Å²) < 4.78 is 20.1. The van der Waals surface area contributed by atoms with E-state index in [2.05, 4.69) is 10.4 Å². The molecule has 11 heteroatoms. The zero-order valence-electron chi connectivity index (χ0n) is 13.9. The summed E-state index contributed by atoms with van der Waals surface area (Å²) in [5.41, 5.74) is 0.237. The molecule has 2 heterocycles. The Bertz CT molecular complexity index is 1060. The van der Waals surface area contributed by atoms with Crippen LogP contribution in [0.3, 0.4) is 0 Å². The number of anilines is 1. The van der Waals surface area contributed by atoms with Gasteiger partial charge in [-0.05, 0) is 24.3 Å². The van der Waals surface area contributed by atoms with Gasteiger partial charge in [-0.25, -0.2) is 4.39 Å². The van der Waals surface area contributed by atoms with E-state index in [1.807, 2.05) is 0 Å². The SMILES string of the molecule is O=C(/C=C/c1ccc([N+](=O)[O-])o1)Nc1nn(Cc2c(F)cccc2Cl)cc1Cl.